The molecule has 0 aliphatic carbocycles. The van der Waals surface area contributed by atoms with Crippen molar-refractivity contribution in [3.63, 3.8) is 0 Å². The lowest BCUT2D eigenvalue weighted by Gasteiger charge is -2.35. The van der Waals surface area contributed by atoms with Gasteiger partial charge in [0.1, 0.15) is 6.17 Å². The van der Waals surface area contributed by atoms with Gasteiger partial charge in [0.05, 0.1) is 4.92 Å². The minimum Gasteiger partial charge on any atom is -0.269 e. The van der Waals surface area contributed by atoms with Crippen molar-refractivity contribution in [1.82, 2.24) is 10.0 Å². The summed E-state index contributed by atoms with van der Waals surface area (Å²) in [7, 11) is 0. The number of rotatable bonds is 3. The molecule has 10 heteroatoms. The van der Waals surface area contributed by atoms with Crippen LogP contribution >= 0.6 is 0 Å². The van der Waals surface area contributed by atoms with Gasteiger partial charge in [-0.3, -0.25) is 20.0 Å². The van der Waals surface area contributed by atoms with E-state index < -0.39 is 34.8 Å². The number of hydrazine groups is 1. The van der Waals surface area contributed by atoms with Crippen molar-refractivity contribution in [2.75, 3.05) is 4.90 Å². The van der Waals surface area contributed by atoms with Gasteiger partial charge in [0.25, 0.3) is 5.69 Å². The standard InChI is InChI=1S/C22H19F3N4O3/c1-21(2)18(13-8-10-15(11-9-13)29(31)32)16-12-17(22(23,24)25)28-20(30)26(19(21)27(16)28)14-6-4-3-5-7-14/h3-11,17,19H,12H2,1-2H3/t17-,19-/m0/s1. The van der Waals surface area contributed by atoms with Crippen LogP contribution in [0.3, 0.4) is 0 Å². The zero-order valence-electron chi connectivity index (χ0n) is 17.2. The van der Waals surface area contributed by atoms with E-state index in [9.17, 15) is 28.1 Å². The Hall–Kier alpha value is -3.56. The molecule has 5 rings (SSSR count). The Labute approximate surface area is 181 Å². The van der Waals surface area contributed by atoms with Crippen LogP contribution in [0, 0.1) is 15.5 Å². The average Bonchev–Trinajstić information content (AvgIpc) is 3.32. The number of carbonyl (C=O) groups excluding carboxylic acids is 1. The van der Waals surface area contributed by atoms with Crippen LogP contribution in [0.25, 0.3) is 5.57 Å². The van der Waals surface area contributed by atoms with Gasteiger partial charge in [0.2, 0.25) is 0 Å². The molecule has 0 bridgehead atoms. The molecule has 0 aromatic heterocycles. The fourth-order valence-electron chi connectivity index (χ4n) is 5.19. The monoisotopic (exact) mass is 444 g/mol. The molecule has 2 aromatic carbocycles. The molecule has 2 atom stereocenters. The molecule has 0 spiro atoms. The summed E-state index contributed by atoms with van der Waals surface area (Å²) in [4.78, 5) is 25.2. The molecular formula is C22H19F3N4O3. The molecule has 3 aliphatic rings. The highest BCUT2D eigenvalue weighted by molar-refractivity contribution is 5.98. The van der Waals surface area contributed by atoms with Gasteiger partial charge in [-0.15, -0.1) is 0 Å². The number of para-hydroxylation sites is 1. The Morgan fingerprint density at radius 1 is 1.03 bits per heavy atom. The second-order valence-corrected chi connectivity index (χ2v) is 8.66. The largest absolute Gasteiger partial charge is 0.411 e. The average molecular weight is 444 g/mol. The molecule has 3 heterocycles. The summed E-state index contributed by atoms with van der Waals surface area (Å²) in [5, 5.41) is 13.3. The van der Waals surface area contributed by atoms with E-state index >= 15 is 0 Å². The number of hydrogen-bond donors (Lipinski definition) is 0. The number of non-ortho nitro benzene ring substituents is 1. The fraction of sp³-hybridized carbons (Fsp3) is 0.318. The second kappa shape index (κ2) is 6.47. The molecule has 0 N–H and O–H groups in total. The number of anilines is 1. The third-order valence-corrected chi connectivity index (χ3v) is 6.43. The number of nitro groups is 1. The zero-order chi connectivity index (χ0) is 23.0. The molecule has 166 valence electrons. The molecule has 0 radical (unpaired) electrons. The molecule has 2 amide bonds. The van der Waals surface area contributed by atoms with Gasteiger partial charge < -0.3 is 0 Å². The van der Waals surface area contributed by atoms with Crippen molar-refractivity contribution in [2.45, 2.75) is 38.7 Å². The molecule has 2 fully saturated rings. The van der Waals surface area contributed by atoms with Gasteiger partial charge in [-0.25, -0.2) is 9.80 Å². The van der Waals surface area contributed by atoms with E-state index in [-0.39, 0.29) is 12.1 Å². The number of urea groups is 1. The molecule has 2 saturated heterocycles. The van der Waals surface area contributed by atoms with Crippen LogP contribution in [0.4, 0.5) is 29.3 Å². The van der Waals surface area contributed by atoms with Crippen molar-refractivity contribution in [3.8, 4) is 0 Å². The number of nitro benzene ring substituents is 1. The number of nitrogens with zero attached hydrogens (tertiary/aromatic N) is 4. The SMILES string of the molecule is CC1(C)C(c2ccc([N+](=O)[O-])cc2)=C2C[C@@H](C(F)(F)F)N3C(=O)N(c4ccccc4)[C@H]1N23. The van der Waals surface area contributed by atoms with Crippen LogP contribution < -0.4 is 4.90 Å². The number of amides is 2. The van der Waals surface area contributed by atoms with Crippen LogP contribution in [0.5, 0.6) is 0 Å². The first-order valence-electron chi connectivity index (χ1n) is 10.1. The number of carbonyl (C=O) groups is 1. The van der Waals surface area contributed by atoms with Crippen molar-refractivity contribution >= 4 is 23.0 Å². The number of halogens is 3. The van der Waals surface area contributed by atoms with Crippen molar-refractivity contribution in [2.24, 2.45) is 5.41 Å². The van der Waals surface area contributed by atoms with E-state index in [1.54, 1.807) is 42.5 Å². The van der Waals surface area contributed by atoms with Crippen LogP contribution in [0.15, 0.2) is 60.3 Å². The van der Waals surface area contributed by atoms with Gasteiger partial charge in [-0.05, 0) is 35.4 Å². The molecule has 32 heavy (non-hydrogen) atoms. The van der Waals surface area contributed by atoms with Crippen LogP contribution in [-0.2, 0) is 0 Å². The first kappa shape index (κ1) is 20.3. The summed E-state index contributed by atoms with van der Waals surface area (Å²) >= 11 is 0. The molecule has 3 aliphatic heterocycles. The van der Waals surface area contributed by atoms with Gasteiger partial charge in [-0.1, -0.05) is 32.0 Å². The summed E-state index contributed by atoms with van der Waals surface area (Å²) in [5.41, 5.74) is 1.34. The third-order valence-electron chi connectivity index (χ3n) is 6.43. The first-order chi connectivity index (χ1) is 15.0. The first-order valence-corrected chi connectivity index (χ1v) is 10.1. The van der Waals surface area contributed by atoms with Crippen LogP contribution in [-0.4, -0.2) is 39.4 Å². The van der Waals surface area contributed by atoms with E-state index in [1.807, 2.05) is 13.8 Å². The summed E-state index contributed by atoms with van der Waals surface area (Å²) in [6.45, 7) is 3.77. The minimum atomic E-state index is -4.60. The summed E-state index contributed by atoms with van der Waals surface area (Å²) < 4.78 is 41.9. The van der Waals surface area contributed by atoms with Gasteiger partial charge in [0.15, 0.2) is 6.04 Å². The third kappa shape index (κ3) is 2.64. The number of alkyl halides is 3. The zero-order valence-corrected chi connectivity index (χ0v) is 17.2. The summed E-state index contributed by atoms with van der Waals surface area (Å²) in [5.74, 6) is 0. The maximum atomic E-state index is 14.0. The topological polar surface area (TPSA) is 69.9 Å². The fourth-order valence-corrected chi connectivity index (χ4v) is 5.19. The lowest BCUT2D eigenvalue weighted by molar-refractivity contribution is -0.384. The smallest absolute Gasteiger partial charge is 0.269 e. The van der Waals surface area contributed by atoms with Crippen molar-refractivity contribution < 1.29 is 22.9 Å². The molecule has 7 nitrogen and oxygen atoms in total. The Morgan fingerprint density at radius 2 is 1.66 bits per heavy atom. The Balaban J connectivity index is 1.70. The van der Waals surface area contributed by atoms with E-state index in [2.05, 4.69) is 0 Å². The molecular weight excluding hydrogens is 425 g/mol. The highest BCUT2D eigenvalue weighted by atomic mass is 19.4. The number of benzene rings is 2. The minimum absolute atomic E-state index is 0.0991. The lowest BCUT2D eigenvalue weighted by atomic mass is 9.78. The quantitative estimate of drug-likeness (QED) is 0.484. The Bertz CT molecular complexity index is 1150. The van der Waals surface area contributed by atoms with Crippen molar-refractivity contribution in [3.05, 3.63) is 76.0 Å². The van der Waals surface area contributed by atoms with Gasteiger partial charge >= 0.3 is 12.2 Å². The van der Waals surface area contributed by atoms with Crippen molar-refractivity contribution in [1.29, 1.82) is 0 Å². The highest BCUT2D eigenvalue weighted by Crippen LogP contribution is 2.59. The Kier molecular flexibility index (Phi) is 4.12. The normalized spacial score (nSPS) is 23.9. The molecule has 0 unspecified atom stereocenters. The maximum absolute atomic E-state index is 14.0. The predicted octanol–water partition coefficient (Wildman–Crippen LogP) is 5.17. The van der Waals surface area contributed by atoms with E-state index in [4.69, 9.17) is 0 Å². The highest BCUT2D eigenvalue weighted by Gasteiger charge is 2.67. The van der Waals surface area contributed by atoms with Crippen LogP contribution in [0.2, 0.25) is 0 Å². The van der Waals surface area contributed by atoms with E-state index in [0.29, 0.717) is 22.5 Å². The summed E-state index contributed by atoms with van der Waals surface area (Å²) in [6.07, 6.45) is -5.65. The van der Waals surface area contributed by atoms with Gasteiger partial charge in [0, 0.05) is 35.4 Å². The maximum Gasteiger partial charge on any atom is 0.411 e. The Morgan fingerprint density at radius 3 is 2.22 bits per heavy atom. The molecule has 0 saturated carbocycles. The van der Waals surface area contributed by atoms with E-state index in [1.165, 1.54) is 22.0 Å². The number of hydrogen-bond acceptors (Lipinski definition) is 4. The molecule has 2 aromatic rings. The second-order valence-electron chi connectivity index (χ2n) is 8.66. The van der Waals surface area contributed by atoms with E-state index in [0.717, 1.165) is 5.01 Å². The predicted molar refractivity (Wildman–Crippen MR) is 110 cm³/mol. The van der Waals surface area contributed by atoms with Crippen LogP contribution in [0.1, 0.15) is 25.8 Å². The van der Waals surface area contributed by atoms with Gasteiger partial charge in [-0.2, -0.15) is 13.2 Å². The lowest BCUT2D eigenvalue weighted by Crippen LogP contribution is -2.47. The summed E-state index contributed by atoms with van der Waals surface area (Å²) in [6, 6.07) is 11.8.